The van der Waals surface area contributed by atoms with Gasteiger partial charge in [-0.05, 0) is 25.7 Å². The summed E-state index contributed by atoms with van der Waals surface area (Å²) in [6.45, 7) is 1.78. The van der Waals surface area contributed by atoms with Crippen LogP contribution in [0.1, 0.15) is 64.2 Å². The Morgan fingerprint density at radius 2 is 1.37 bits per heavy atom. The Hall–Kier alpha value is -0.640. The van der Waals surface area contributed by atoms with Crippen molar-refractivity contribution in [3.63, 3.8) is 0 Å². The van der Waals surface area contributed by atoms with Crippen molar-refractivity contribution in [3.8, 4) is 0 Å². The number of nitrogens with zero attached hydrogens (tertiary/aromatic N) is 1. The first-order valence-electron chi connectivity index (χ1n) is 7.76. The SMILES string of the molecule is NC(=S)C1(C(=O)N2CCCCCC2)CCCCCC1. The Balaban J connectivity index is 2.16. The lowest BCUT2D eigenvalue weighted by Crippen LogP contribution is -2.50. The summed E-state index contributed by atoms with van der Waals surface area (Å²) in [5.74, 6) is 0.226. The first-order valence-corrected chi connectivity index (χ1v) is 8.17. The van der Waals surface area contributed by atoms with Gasteiger partial charge in [0.2, 0.25) is 5.91 Å². The van der Waals surface area contributed by atoms with E-state index in [4.69, 9.17) is 18.0 Å². The summed E-state index contributed by atoms with van der Waals surface area (Å²) in [5, 5.41) is 0. The summed E-state index contributed by atoms with van der Waals surface area (Å²) < 4.78 is 0. The topological polar surface area (TPSA) is 46.3 Å². The van der Waals surface area contributed by atoms with Gasteiger partial charge in [-0.3, -0.25) is 4.79 Å². The quantitative estimate of drug-likeness (QED) is 0.625. The molecule has 108 valence electrons. The van der Waals surface area contributed by atoms with Gasteiger partial charge in [0.25, 0.3) is 0 Å². The number of carbonyl (C=O) groups excluding carboxylic acids is 1. The molecule has 0 radical (unpaired) electrons. The van der Waals surface area contributed by atoms with Gasteiger partial charge in [-0.25, -0.2) is 0 Å². The molecule has 2 N–H and O–H groups in total. The van der Waals surface area contributed by atoms with Crippen LogP contribution in [0.2, 0.25) is 0 Å². The molecule has 1 heterocycles. The zero-order chi connectivity index (χ0) is 13.7. The van der Waals surface area contributed by atoms with E-state index >= 15 is 0 Å². The van der Waals surface area contributed by atoms with Gasteiger partial charge in [-0.2, -0.15) is 0 Å². The molecule has 3 nitrogen and oxygen atoms in total. The fourth-order valence-electron chi connectivity index (χ4n) is 3.47. The lowest BCUT2D eigenvalue weighted by Gasteiger charge is -2.35. The van der Waals surface area contributed by atoms with Gasteiger partial charge >= 0.3 is 0 Å². The van der Waals surface area contributed by atoms with E-state index in [0.29, 0.717) is 4.99 Å². The Labute approximate surface area is 121 Å². The number of rotatable bonds is 2. The predicted molar refractivity (Wildman–Crippen MR) is 82.0 cm³/mol. The highest BCUT2D eigenvalue weighted by Gasteiger charge is 2.43. The molecule has 1 aliphatic heterocycles. The summed E-state index contributed by atoms with van der Waals surface area (Å²) in [7, 11) is 0. The summed E-state index contributed by atoms with van der Waals surface area (Å²) in [6, 6.07) is 0. The van der Waals surface area contributed by atoms with E-state index in [0.717, 1.165) is 51.6 Å². The van der Waals surface area contributed by atoms with Crippen LogP contribution >= 0.6 is 12.2 Å². The monoisotopic (exact) mass is 282 g/mol. The van der Waals surface area contributed by atoms with E-state index in [1.807, 2.05) is 4.90 Å². The van der Waals surface area contributed by atoms with E-state index in [1.165, 1.54) is 25.7 Å². The third kappa shape index (κ3) is 3.28. The normalized spacial score (nSPS) is 24.3. The molecular formula is C15H26N2OS. The van der Waals surface area contributed by atoms with Crippen molar-refractivity contribution in [2.45, 2.75) is 64.2 Å². The standard InChI is InChI=1S/C15H26N2OS/c16-13(19)15(9-5-1-2-6-10-15)14(18)17-11-7-3-4-8-12-17/h1-12H2,(H2,16,19). The fraction of sp³-hybridized carbons (Fsp3) is 0.867. The van der Waals surface area contributed by atoms with E-state index in [1.54, 1.807) is 0 Å². The number of hydrogen-bond donors (Lipinski definition) is 1. The molecule has 0 bridgehead atoms. The average Bonchev–Trinajstić information content (AvgIpc) is 2.81. The summed E-state index contributed by atoms with van der Waals surface area (Å²) in [4.78, 5) is 15.5. The Kier molecular flexibility index (Phi) is 5.20. The highest BCUT2D eigenvalue weighted by atomic mass is 32.1. The molecule has 2 fully saturated rings. The van der Waals surface area contributed by atoms with Gasteiger partial charge in [0.15, 0.2) is 0 Å². The van der Waals surface area contributed by atoms with Crippen molar-refractivity contribution in [2.75, 3.05) is 13.1 Å². The molecule has 1 saturated heterocycles. The maximum Gasteiger partial charge on any atom is 0.235 e. The highest BCUT2D eigenvalue weighted by Crippen LogP contribution is 2.37. The highest BCUT2D eigenvalue weighted by molar-refractivity contribution is 7.80. The zero-order valence-corrected chi connectivity index (χ0v) is 12.6. The van der Waals surface area contributed by atoms with E-state index in [9.17, 15) is 4.79 Å². The first kappa shape index (κ1) is 14.8. The number of thiocarbonyl (C=S) groups is 1. The van der Waals surface area contributed by atoms with Crippen molar-refractivity contribution < 1.29 is 4.79 Å². The van der Waals surface area contributed by atoms with E-state index in [2.05, 4.69) is 0 Å². The number of hydrogen-bond acceptors (Lipinski definition) is 2. The van der Waals surface area contributed by atoms with Crippen LogP contribution in [0, 0.1) is 5.41 Å². The maximum atomic E-state index is 13.0. The summed E-state index contributed by atoms with van der Waals surface area (Å²) in [6.07, 6.45) is 11.0. The molecule has 0 aromatic heterocycles. The lowest BCUT2D eigenvalue weighted by molar-refractivity contribution is -0.138. The molecule has 0 unspecified atom stereocenters. The van der Waals surface area contributed by atoms with Gasteiger partial charge < -0.3 is 10.6 Å². The molecule has 19 heavy (non-hydrogen) atoms. The lowest BCUT2D eigenvalue weighted by atomic mass is 9.78. The molecule has 1 amide bonds. The van der Waals surface area contributed by atoms with Gasteiger partial charge in [0.1, 0.15) is 0 Å². The Bertz CT molecular complexity index is 327. The van der Waals surface area contributed by atoms with Crippen LogP contribution in [-0.2, 0) is 4.79 Å². The van der Waals surface area contributed by atoms with Crippen LogP contribution in [0.15, 0.2) is 0 Å². The van der Waals surface area contributed by atoms with Crippen molar-refractivity contribution >= 4 is 23.1 Å². The predicted octanol–water partition coefficient (Wildman–Crippen LogP) is 3.02. The minimum Gasteiger partial charge on any atom is -0.392 e. The number of carbonyl (C=O) groups is 1. The maximum absolute atomic E-state index is 13.0. The molecule has 2 rings (SSSR count). The average molecular weight is 282 g/mol. The minimum absolute atomic E-state index is 0.226. The molecule has 2 aliphatic rings. The molecule has 0 aromatic rings. The van der Waals surface area contributed by atoms with Crippen LogP contribution < -0.4 is 5.73 Å². The van der Waals surface area contributed by atoms with Crippen LogP contribution in [0.25, 0.3) is 0 Å². The van der Waals surface area contributed by atoms with Crippen molar-refractivity contribution in [2.24, 2.45) is 11.1 Å². The second-order valence-electron chi connectivity index (χ2n) is 6.07. The van der Waals surface area contributed by atoms with Crippen LogP contribution in [0.3, 0.4) is 0 Å². The third-order valence-electron chi connectivity index (χ3n) is 4.73. The van der Waals surface area contributed by atoms with Crippen LogP contribution in [-0.4, -0.2) is 28.9 Å². The first-order chi connectivity index (χ1) is 9.17. The van der Waals surface area contributed by atoms with Gasteiger partial charge in [0, 0.05) is 13.1 Å². The van der Waals surface area contributed by atoms with Gasteiger partial charge in [-0.15, -0.1) is 0 Å². The molecule has 1 aliphatic carbocycles. The molecule has 1 saturated carbocycles. The molecule has 0 aromatic carbocycles. The smallest absolute Gasteiger partial charge is 0.235 e. The van der Waals surface area contributed by atoms with E-state index in [-0.39, 0.29) is 5.91 Å². The number of nitrogens with two attached hydrogens (primary N) is 1. The van der Waals surface area contributed by atoms with Gasteiger partial charge in [-0.1, -0.05) is 50.7 Å². The summed E-state index contributed by atoms with van der Waals surface area (Å²) >= 11 is 5.30. The second-order valence-corrected chi connectivity index (χ2v) is 6.51. The van der Waals surface area contributed by atoms with Gasteiger partial charge in [0.05, 0.1) is 10.4 Å². The number of amides is 1. The number of likely N-dealkylation sites (tertiary alicyclic amines) is 1. The molecule has 0 atom stereocenters. The third-order valence-corrected chi connectivity index (χ3v) is 5.12. The Morgan fingerprint density at radius 3 is 1.84 bits per heavy atom. The van der Waals surface area contributed by atoms with E-state index < -0.39 is 5.41 Å². The van der Waals surface area contributed by atoms with Crippen LogP contribution in [0.4, 0.5) is 0 Å². The Morgan fingerprint density at radius 1 is 0.895 bits per heavy atom. The molecular weight excluding hydrogens is 256 g/mol. The van der Waals surface area contributed by atoms with Crippen molar-refractivity contribution in [3.05, 3.63) is 0 Å². The van der Waals surface area contributed by atoms with Crippen molar-refractivity contribution in [1.82, 2.24) is 4.90 Å². The zero-order valence-electron chi connectivity index (χ0n) is 11.8. The molecule has 0 spiro atoms. The van der Waals surface area contributed by atoms with Crippen LogP contribution in [0.5, 0.6) is 0 Å². The largest absolute Gasteiger partial charge is 0.392 e. The molecule has 4 heteroatoms. The van der Waals surface area contributed by atoms with Crippen molar-refractivity contribution in [1.29, 1.82) is 0 Å². The minimum atomic E-state index is -0.532. The summed E-state index contributed by atoms with van der Waals surface area (Å²) in [5.41, 5.74) is 5.47. The second kappa shape index (κ2) is 6.69. The fourth-order valence-corrected chi connectivity index (χ4v) is 3.77.